The lowest BCUT2D eigenvalue weighted by Crippen LogP contribution is -2.30. The lowest BCUT2D eigenvalue weighted by Gasteiger charge is -2.16. The van der Waals surface area contributed by atoms with E-state index in [1.165, 1.54) is 0 Å². The molecule has 1 heterocycles. The second-order valence-corrected chi connectivity index (χ2v) is 4.28. The first-order chi connectivity index (χ1) is 8.20. The Bertz CT molecular complexity index is 417. The van der Waals surface area contributed by atoms with Gasteiger partial charge >= 0.3 is 0 Å². The third-order valence-electron chi connectivity index (χ3n) is 3.05. The van der Waals surface area contributed by atoms with Crippen molar-refractivity contribution in [1.82, 2.24) is 10.2 Å². The Kier molecular flexibility index (Phi) is 3.42. The summed E-state index contributed by atoms with van der Waals surface area (Å²) in [5.74, 6) is -0.187. The van der Waals surface area contributed by atoms with Gasteiger partial charge in [0.1, 0.15) is 0 Å². The van der Waals surface area contributed by atoms with E-state index in [0.717, 1.165) is 5.56 Å². The molecule has 90 valence electrons. The molecular weight excluding hydrogens is 216 g/mol. The number of rotatable bonds is 3. The molecule has 0 saturated carbocycles. The maximum Gasteiger partial charge on any atom is 0.225 e. The fourth-order valence-corrected chi connectivity index (χ4v) is 2.11. The molecule has 1 N–H and O–H groups in total. The number of carbonyl (C=O) groups is 2. The standard InChI is InChI=1S/C13H16N2O2/c1-14-13(17)11-7-12(16)15(9-11)8-10-5-3-2-4-6-10/h2-6,11H,7-9H2,1H3,(H,14,17)/t11-/m0/s1. The predicted molar refractivity (Wildman–Crippen MR) is 64.0 cm³/mol. The van der Waals surface area contributed by atoms with Crippen molar-refractivity contribution < 1.29 is 9.59 Å². The monoisotopic (exact) mass is 232 g/mol. The topological polar surface area (TPSA) is 49.4 Å². The zero-order chi connectivity index (χ0) is 12.3. The van der Waals surface area contributed by atoms with Crippen LogP contribution >= 0.6 is 0 Å². The van der Waals surface area contributed by atoms with Gasteiger partial charge in [-0.05, 0) is 5.56 Å². The number of amides is 2. The van der Waals surface area contributed by atoms with Crippen LogP contribution in [0.1, 0.15) is 12.0 Å². The van der Waals surface area contributed by atoms with Crippen LogP contribution in [0.3, 0.4) is 0 Å². The first-order valence-electron chi connectivity index (χ1n) is 5.74. The third kappa shape index (κ3) is 2.64. The van der Waals surface area contributed by atoms with E-state index in [-0.39, 0.29) is 17.7 Å². The van der Waals surface area contributed by atoms with Crippen LogP contribution in [0.4, 0.5) is 0 Å². The molecule has 0 radical (unpaired) electrons. The van der Waals surface area contributed by atoms with Gasteiger partial charge in [-0.3, -0.25) is 9.59 Å². The van der Waals surface area contributed by atoms with Crippen molar-refractivity contribution in [2.45, 2.75) is 13.0 Å². The van der Waals surface area contributed by atoms with Gasteiger partial charge in [-0.2, -0.15) is 0 Å². The Morgan fingerprint density at radius 1 is 1.41 bits per heavy atom. The summed E-state index contributed by atoms with van der Waals surface area (Å²) < 4.78 is 0. The van der Waals surface area contributed by atoms with E-state index in [4.69, 9.17) is 0 Å². The highest BCUT2D eigenvalue weighted by Crippen LogP contribution is 2.20. The summed E-state index contributed by atoms with van der Waals surface area (Å²) in [4.78, 5) is 25.0. The highest BCUT2D eigenvalue weighted by molar-refractivity contribution is 5.89. The van der Waals surface area contributed by atoms with Gasteiger partial charge in [-0.25, -0.2) is 0 Å². The second-order valence-electron chi connectivity index (χ2n) is 4.28. The Morgan fingerprint density at radius 3 is 2.76 bits per heavy atom. The molecule has 4 nitrogen and oxygen atoms in total. The van der Waals surface area contributed by atoms with Crippen molar-refractivity contribution in [3.63, 3.8) is 0 Å². The lowest BCUT2D eigenvalue weighted by atomic mass is 10.1. The first-order valence-corrected chi connectivity index (χ1v) is 5.74. The summed E-state index contributed by atoms with van der Waals surface area (Å²) in [5.41, 5.74) is 1.10. The second kappa shape index (κ2) is 4.99. The van der Waals surface area contributed by atoms with Crippen LogP contribution < -0.4 is 5.32 Å². The molecule has 1 aliphatic heterocycles. The Balaban J connectivity index is 1.99. The SMILES string of the molecule is CNC(=O)[C@H]1CC(=O)N(Cc2ccccc2)C1. The Morgan fingerprint density at radius 2 is 2.12 bits per heavy atom. The molecule has 0 bridgehead atoms. The quantitative estimate of drug-likeness (QED) is 0.837. The number of nitrogens with one attached hydrogen (secondary N) is 1. The summed E-state index contributed by atoms with van der Waals surface area (Å²) in [5, 5.41) is 2.59. The number of hydrogen-bond donors (Lipinski definition) is 1. The fraction of sp³-hybridized carbons (Fsp3) is 0.385. The van der Waals surface area contributed by atoms with E-state index in [1.807, 2.05) is 30.3 Å². The summed E-state index contributed by atoms with van der Waals surface area (Å²) in [6.45, 7) is 1.11. The van der Waals surface area contributed by atoms with Gasteiger partial charge in [0.2, 0.25) is 11.8 Å². The van der Waals surface area contributed by atoms with Gasteiger partial charge in [0.25, 0.3) is 0 Å². The molecule has 1 aromatic carbocycles. The van der Waals surface area contributed by atoms with Crippen LogP contribution in [-0.2, 0) is 16.1 Å². The van der Waals surface area contributed by atoms with Gasteiger partial charge < -0.3 is 10.2 Å². The maximum atomic E-state index is 11.8. The van der Waals surface area contributed by atoms with Crippen LogP contribution in [-0.4, -0.2) is 30.3 Å². The maximum absolute atomic E-state index is 11.8. The number of hydrogen-bond acceptors (Lipinski definition) is 2. The molecular formula is C13H16N2O2. The van der Waals surface area contributed by atoms with Gasteiger partial charge in [0, 0.05) is 26.6 Å². The van der Waals surface area contributed by atoms with Gasteiger partial charge in [0.15, 0.2) is 0 Å². The lowest BCUT2D eigenvalue weighted by molar-refractivity contribution is -0.129. The van der Waals surface area contributed by atoms with E-state index >= 15 is 0 Å². The summed E-state index contributed by atoms with van der Waals surface area (Å²) in [6.07, 6.45) is 0.326. The Hall–Kier alpha value is -1.84. The molecule has 0 spiro atoms. The van der Waals surface area contributed by atoms with Gasteiger partial charge in [-0.1, -0.05) is 30.3 Å². The van der Waals surface area contributed by atoms with Crippen LogP contribution in [0.15, 0.2) is 30.3 Å². The molecule has 17 heavy (non-hydrogen) atoms. The van der Waals surface area contributed by atoms with Crippen molar-refractivity contribution in [2.75, 3.05) is 13.6 Å². The molecule has 1 saturated heterocycles. The zero-order valence-corrected chi connectivity index (χ0v) is 9.85. The van der Waals surface area contributed by atoms with Crippen LogP contribution in [0.25, 0.3) is 0 Å². The number of likely N-dealkylation sites (tertiary alicyclic amines) is 1. The first kappa shape index (κ1) is 11.6. The minimum Gasteiger partial charge on any atom is -0.359 e. The molecule has 1 aliphatic rings. The molecule has 4 heteroatoms. The van der Waals surface area contributed by atoms with Crippen LogP contribution in [0, 0.1) is 5.92 Å². The normalized spacial score (nSPS) is 19.5. The minimum atomic E-state index is -0.198. The summed E-state index contributed by atoms with van der Waals surface area (Å²) >= 11 is 0. The van der Waals surface area contributed by atoms with E-state index in [2.05, 4.69) is 5.32 Å². The van der Waals surface area contributed by atoms with E-state index in [9.17, 15) is 9.59 Å². The highest BCUT2D eigenvalue weighted by atomic mass is 16.2. The molecule has 0 aromatic heterocycles. The predicted octanol–water partition coefficient (Wildman–Crippen LogP) is 0.781. The number of benzene rings is 1. The molecule has 1 atom stereocenters. The summed E-state index contributed by atoms with van der Waals surface area (Å²) in [6, 6.07) is 9.82. The van der Waals surface area contributed by atoms with Crippen molar-refractivity contribution in [3.8, 4) is 0 Å². The smallest absolute Gasteiger partial charge is 0.225 e. The zero-order valence-electron chi connectivity index (χ0n) is 9.85. The fourth-order valence-electron chi connectivity index (χ4n) is 2.11. The number of nitrogens with zero attached hydrogens (tertiary/aromatic N) is 1. The van der Waals surface area contributed by atoms with E-state index < -0.39 is 0 Å². The minimum absolute atomic E-state index is 0.0473. The molecule has 2 amide bonds. The van der Waals surface area contributed by atoms with Crippen molar-refractivity contribution in [3.05, 3.63) is 35.9 Å². The van der Waals surface area contributed by atoms with E-state index in [1.54, 1.807) is 11.9 Å². The average molecular weight is 232 g/mol. The van der Waals surface area contributed by atoms with Crippen LogP contribution in [0.2, 0.25) is 0 Å². The van der Waals surface area contributed by atoms with Crippen LogP contribution in [0.5, 0.6) is 0 Å². The molecule has 1 aromatic rings. The van der Waals surface area contributed by atoms with Gasteiger partial charge in [0.05, 0.1) is 5.92 Å². The van der Waals surface area contributed by atoms with Crippen molar-refractivity contribution in [2.24, 2.45) is 5.92 Å². The van der Waals surface area contributed by atoms with Crippen molar-refractivity contribution in [1.29, 1.82) is 0 Å². The highest BCUT2D eigenvalue weighted by Gasteiger charge is 2.33. The average Bonchev–Trinajstić information content (AvgIpc) is 2.71. The van der Waals surface area contributed by atoms with Gasteiger partial charge in [-0.15, -0.1) is 0 Å². The molecule has 2 rings (SSSR count). The molecule has 1 fully saturated rings. The molecule has 0 unspecified atom stereocenters. The number of carbonyl (C=O) groups excluding carboxylic acids is 2. The Labute approximate surface area is 101 Å². The molecule has 0 aliphatic carbocycles. The van der Waals surface area contributed by atoms with E-state index in [0.29, 0.717) is 19.5 Å². The summed E-state index contributed by atoms with van der Waals surface area (Å²) in [7, 11) is 1.60. The third-order valence-corrected chi connectivity index (χ3v) is 3.05. The van der Waals surface area contributed by atoms with Crippen molar-refractivity contribution >= 4 is 11.8 Å². The largest absolute Gasteiger partial charge is 0.359 e.